The Morgan fingerprint density at radius 1 is 1.42 bits per heavy atom. The number of non-ortho nitro benzene ring substituents is 1. The van der Waals surface area contributed by atoms with Crippen molar-refractivity contribution in [1.29, 1.82) is 0 Å². The predicted molar refractivity (Wildman–Crippen MR) is 48.9 cm³/mol. The van der Waals surface area contributed by atoms with Crippen molar-refractivity contribution in [3.8, 4) is 0 Å². The van der Waals surface area contributed by atoms with Gasteiger partial charge in [-0.25, -0.2) is 0 Å². The van der Waals surface area contributed by atoms with Gasteiger partial charge in [-0.3, -0.25) is 14.8 Å². The Balaban J connectivity index is 2.78. The van der Waals surface area contributed by atoms with Crippen molar-refractivity contribution in [2.24, 2.45) is 0 Å². The molecule has 64 valence electrons. The van der Waals surface area contributed by atoms with Gasteiger partial charge in [0.05, 0.1) is 4.92 Å². The second kappa shape index (κ2) is 4.08. The van der Waals surface area contributed by atoms with E-state index in [-0.39, 0.29) is 5.69 Å². The van der Waals surface area contributed by atoms with Crippen LogP contribution in [0, 0.1) is 10.1 Å². The van der Waals surface area contributed by atoms with Crippen LogP contribution < -0.4 is 4.72 Å². The van der Waals surface area contributed by atoms with Crippen LogP contribution >= 0.6 is 12.8 Å². The fourth-order valence-electron chi connectivity index (χ4n) is 0.827. The first-order valence-electron chi connectivity index (χ1n) is 3.34. The Kier molecular flexibility index (Phi) is 3.07. The number of hydrogen-bond acceptors (Lipinski definition) is 4. The van der Waals surface area contributed by atoms with E-state index < -0.39 is 4.92 Å². The zero-order valence-electron chi connectivity index (χ0n) is 6.23. The highest BCUT2D eigenvalue weighted by molar-refractivity contribution is 7.78. The van der Waals surface area contributed by atoms with E-state index in [0.717, 1.165) is 5.56 Å². The van der Waals surface area contributed by atoms with E-state index in [1.807, 2.05) is 0 Å². The predicted octanol–water partition coefficient (Wildman–Crippen LogP) is 1.53. The van der Waals surface area contributed by atoms with Gasteiger partial charge in [0.15, 0.2) is 0 Å². The minimum absolute atomic E-state index is 0.109. The molecule has 4 nitrogen and oxygen atoms in total. The lowest BCUT2D eigenvalue weighted by molar-refractivity contribution is -0.384. The molecule has 0 saturated heterocycles. The third kappa shape index (κ3) is 2.21. The van der Waals surface area contributed by atoms with E-state index in [9.17, 15) is 10.1 Å². The summed E-state index contributed by atoms with van der Waals surface area (Å²) >= 11 is 3.81. The minimum atomic E-state index is -0.419. The molecule has 0 fully saturated rings. The number of rotatable bonds is 3. The van der Waals surface area contributed by atoms with Gasteiger partial charge in [-0.05, 0) is 5.56 Å². The Morgan fingerprint density at radius 3 is 2.42 bits per heavy atom. The van der Waals surface area contributed by atoms with Crippen LogP contribution in [-0.2, 0) is 6.54 Å². The monoisotopic (exact) mass is 184 g/mol. The molecule has 0 amide bonds. The molecule has 0 aromatic heterocycles. The molecule has 0 heterocycles. The lowest BCUT2D eigenvalue weighted by Gasteiger charge is -1.97. The topological polar surface area (TPSA) is 55.2 Å². The highest BCUT2D eigenvalue weighted by Gasteiger charge is 2.02. The highest BCUT2D eigenvalue weighted by Crippen LogP contribution is 2.11. The Labute approximate surface area is 75.3 Å². The second-order valence-electron chi connectivity index (χ2n) is 2.26. The largest absolute Gasteiger partial charge is 0.269 e. The molecule has 1 N–H and O–H groups in total. The summed E-state index contributed by atoms with van der Waals surface area (Å²) in [5, 5.41) is 10.2. The fourth-order valence-corrected chi connectivity index (χ4v) is 1.01. The van der Waals surface area contributed by atoms with Crippen LogP contribution in [0.25, 0.3) is 0 Å². The Morgan fingerprint density at radius 2 is 2.00 bits per heavy atom. The maximum absolute atomic E-state index is 10.2. The molecule has 5 heteroatoms. The molecule has 0 unspecified atom stereocenters. The van der Waals surface area contributed by atoms with Gasteiger partial charge in [0.1, 0.15) is 0 Å². The molecule has 1 aromatic rings. The van der Waals surface area contributed by atoms with Crippen molar-refractivity contribution in [2.45, 2.75) is 6.54 Å². The number of hydrogen-bond donors (Lipinski definition) is 2. The van der Waals surface area contributed by atoms with Crippen LogP contribution in [0.5, 0.6) is 0 Å². The first-order chi connectivity index (χ1) is 5.74. The second-order valence-corrected chi connectivity index (χ2v) is 2.57. The lowest BCUT2D eigenvalue weighted by Crippen LogP contribution is -1.98. The summed E-state index contributed by atoms with van der Waals surface area (Å²) < 4.78 is 2.66. The number of nitrogens with zero attached hydrogens (tertiary/aromatic N) is 1. The zero-order valence-corrected chi connectivity index (χ0v) is 7.12. The van der Waals surface area contributed by atoms with Crippen molar-refractivity contribution in [2.75, 3.05) is 0 Å². The number of thiol groups is 1. The van der Waals surface area contributed by atoms with Crippen molar-refractivity contribution < 1.29 is 4.92 Å². The van der Waals surface area contributed by atoms with Crippen LogP contribution in [0.2, 0.25) is 0 Å². The van der Waals surface area contributed by atoms with Gasteiger partial charge in [0.2, 0.25) is 0 Å². The maximum atomic E-state index is 10.2. The SMILES string of the molecule is O=[N+]([O-])c1ccc(CNS)cc1. The number of nitro benzene ring substituents is 1. The summed E-state index contributed by atoms with van der Waals surface area (Å²) in [4.78, 5) is 9.83. The van der Waals surface area contributed by atoms with Gasteiger partial charge in [0.25, 0.3) is 5.69 Å². The average Bonchev–Trinajstić information content (AvgIpc) is 2.06. The Hall–Kier alpha value is -1.07. The van der Waals surface area contributed by atoms with E-state index in [0.29, 0.717) is 6.54 Å². The van der Waals surface area contributed by atoms with Crippen LogP contribution in [-0.4, -0.2) is 4.92 Å². The maximum Gasteiger partial charge on any atom is 0.269 e. The van der Waals surface area contributed by atoms with Crippen LogP contribution in [0.3, 0.4) is 0 Å². The molecule has 0 bridgehead atoms. The molecule has 0 atom stereocenters. The summed E-state index contributed by atoms with van der Waals surface area (Å²) in [7, 11) is 0. The summed E-state index contributed by atoms with van der Waals surface area (Å²) in [5.41, 5.74) is 1.08. The number of nitro groups is 1. The summed E-state index contributed by atoms with van der Waals surface area (Å²) in [6.45, 7) is 0.598. The molecule has 0 aliphatic heterocycles. The third-order valence-corrected chi connectivity index (χ3v) is 1.59. The van der Waals surface area contributed by atoms with Crippen LogP contribution in [0.4, 0.5) is 5.69 Å². The van der Waals surface area contributed by atoms with Gasteiger partial charge in [-0.2, -0.15) is 0 Å². The van der Waals surface area contributed by atoms with Gasteiger partial charge in [-0.15, -0.1) is 0 Å². The van der Waals surface area contributed by atoms with Gasteiger partial charge < -0.3 is 0 Å². The first kappa shape index (κ1) is 9.02. The molecular weight excluding hydrogens is 176 g/mol. The lowest BCUT2D eigenvalue weighted by atomic mass is 10.2. The molecular formula is C7H8N2O2S. The Bertz CT molecular complexity index is 273. The van der Waals surface area contributed by atoms with E-state index in [1.54, 1.807) is 12.1 Å². The van der Waals surface area contributed by atoms with Gasteiger partial charge in [0, 0.05) is 18.7 Å². The van der Waals surface area contributed by atoms with E-state index >= 15 is 0 Å². The summed E-state index contributed by atoms with van der Waals surface area (Å²) in [6.07, 6.45) is 0. The van der Waals surface area contributed by atoms with Gasteiger partial charge >= 0.3 is 0 Å². The molecule has 0 aliphatic rings. The normalized spacial score (nSPS) is 9.75. The third-order valence-electron chi connectivity index (χ3n) is 1.43. The quantitative estimate of drug-likeness (QED) is 0.425. The molecule has 0 radical (unpaired) electrons. The number of nitrogens with one attached hydrogen (secondary N) is 1. The molecule has 0 saturated carbocycles. The zero-order chi connectivity index (χ0) is 8.97. The summed E-state index contributed by atoms with van der Waals surface area (Å²) in [6, 6.07) is 6.34. The smallest absolute Gasteiger partial charge is 0.262 e. The van der Waals surface area contributed by atoms with E-state index in [2.05, 4.69) is 17.5 Å². The minimum Gasteiger partial charge on any atom is -0.262 e. The number of benzene rings is 1. The van der Waals surface area contributed by atoms with E-state index in [4.69, 9.17) is 0 Å². The first-order valence-corrected chi connectivity index (χ1v) is 3.79. The fraction of sp³-hybridized carbons (Fsp3) is 0.143. The van der Waals surface area contributed by atoms with Crippen molar-refractivity contribution in [3.05, 3.63) is 39.9 Å². The standard InChI is InChI=1S/C7H8N2O2S/c10-9(11)7-3-1-6(2-4-7)5-8-12/h1-4,8,12H,5H2. The molecule has 12 heavy (non-hydrogen) atoms. The molecule has 0 aliphatic carbocycles. The van der Waals surface area contributed by atoms with Gasteiger partial charge in [-0.1, -0.05) is 24.9 Å². The average molecular weight is 184 g/mol. The highest BCUT2D eigenvalue weighted by atomic mass is 32.1. The van der Waals surface area contributed by atoms with Crippen molar-refractivity contribution in [3.63, 3.8) is 0 Å². The van der Waals surface area contributed by atoms with Crippen molar-refractivity contribution >= 4 is 18.5 Å². The van der Waals surface area contributed by atoms with Crippen LogP contribution in [0.1, 0.15) is 5.56 Å². The molecule has 1 rings (SSSR count). The summed E-state index contributed by atoms with van der Waals surface area (Å²) in [5.74, 6) is 0. The van der Waals surface area contributed by atoms with Crippen molar-refractivity contribution in [1.82, 2.24) is 4.72 Å². The van der Waals surface area contributed by atoms with Crippen LogP contribution in [0.15, 0.2) is 24.3 Å². The molecule has 0 spiro atoms. The van der Waals surface area contributed by atoms with E-state index in [1.165, 1.54) is 12.1 Å². The molecule has 1 aromatic carbocycles.